The summed E-state index contributed by atoms with van der Waals surface area (Å²) in [7, 11) is 0. The molecular weight excluding hydrogens is 359 g/mol. The number of amides is 1. The van der Waals surface area contributed by atoms with E-state index in [1.165, 1.54) is 0 Å². The lowest BCUT2D eigenvalue weighted by molar-refractivity contribution is -0.127. The summed E-state index contributed by atoms with van der Waals surface area (Å²) in [6.45, 7) is 2.22. The maximum Gasteiger partial charge on any atom is 0.258 e. The number of nitrogens with zero attached hydrogens (tertiary/aromatic N) is 1. The number of rotatable bonds is 5. The van der Waals surface area contributed by atoms with E-state index < -0.39 is 6.10 Å². The quantitative estimate of drug-likeness (QED) is 0.662. The predicted molar refractivity (Wildman–Crippen MR) is 101 cm³/mol. The molecule has 0 saturated heterocycles. The highest BCUT2D eigenvalue weighted by molar-refractivity contribution is 6.42. The van der Waals surface area contributed by atoms with Gasteiger partial charge >= 0.3 is 0 Å². The maximum atomic E-state index is 12.8. The van der Waals surface area contributed by atoms with Crippen molar-refractivity contribution in [2.45, 2.75) is 13.0 Å². The minimum absolute atomic E-state index is 0.281. The number of pyridine rings is 1. The normalized spacial score (nSPS) is 12.1. The number of anilines is 1. The summed E-state index contributed by atoms with van der Waals surface area (Å²) in [6, 6.07) is 14.4. The van der Waals surface area contributed by atoms with Crippen LogP contribution in [0.1, 0.15) is 18.6 Å². The predicted octanol–water partition coefficient (Wildman–Crippen LogP) is 5.26. The third-order valence-electron chi connectivity index (χ3n) is 3.72. The van der Waals surface area contributed by atoms with E-state index in [-0.39, 0.29) is 5.91 Å². The van der Waals surface area contributed by atoms with Gasteiger partial charge in [-0.3, -0.25) is 9.78 Å². The van der Waals surface area contributed by atoms with Gasteiger partial charge in [-0.25, -0.2) is 0 Å². The zero-order valence-electron chi connectivity index (χ0n) is 13.5. The van der Waals surface area contributed by atoms with Crippen LogP contribution in [-0.4, -0.2) is 17.5 Å². The summed E-state index contributed by atoms with van der Waals surface area (Å²) >= 11 is 12.0. The molecule has 2 aromatic carbocycles. The number of para-hydroxylation sites is 1. The van der Waals surface area contributed by atoms with Crippen LogP contribution in [0.5, 0.6) is 0 Å². The summed E-state index contributed by atoms with van der Waals surface area (Å²) in [6.07, 6.45) is 0.874. The third-order valence-corrected chi connectivity index (χ3v) is 4.46. The summed E-state index contributed by atoms with van der Waals surface area (Å²) in [5.74, 6) is -0.281. The second-order valence-corrected chi connectivity index (χ2v) is 6.19. The average molecular weight is 375 g/mol. The molecule has 0 fully saturated rings. The SMILES string of the molecule is CCOC(C(=O)Nc1ccnc2ccccc12)c1ccc(Cl)c(Cl)c1. The van der Waals surface area contributed by atoms with Gasteiger partial charge in [-0.05, 0) is 36.8 Å². The fourth-order valence-electron chi connectivity index (χ4n) is 2.57. The van der Waals surface area contributed by atoms with Crippen LogP contribution in [0, 0.1) is 0 Å². The number of hydrogen-bond acceptors (Lipinski definition) is 3. The minimum Gasteiger partial charge on any atom is -0.364 e. The molecule has 1 heterocycles. The fourth-order valence-corrected chi connectivity index (χ4v) is 2.88. The molecular formula is C19H16Cl2N2O2. The van der Waals surface area contributed by atoms with Crippen molar-refractivity contribution in [1.29, 1.82) is 0 Å². The summed E-state index contributed by atoms with van der Waals surface area (Å²) in [4.78, 5) is 17.1. The van der Waals surface area contributed by atoms with E-state index in [0.717, 1.165) is 10.9 Å². The summed E-state index contributed by atoms with van der Waals surface area (Å²) in [5, 5.41) is 4.60. The first kappa shape index (κ1) is 17.7. The Balaban J connectivity index is 1.91. The van der Waals surface area contributed by atoms with Crippen molar-refractivity contribution in [2.24, 2.45) is 0 Å². The van der Waals surface area contributed by atoms with Crippen molar-refractivity contribution in [3.05, 3.63) is 70.3 Å². The van der Waals surface area contributed by atoms with Gasteiger partial charge in [0.2, 0.25) is 0 Å². The molecule has 0 saturated carbocycles. The Morgan fingerprint density at radius 1 is 1.16 bits per heavy atom. The number of fused-ring (bicyclic) bond motifs is 1. The topological polar surface area (TPSA) is 51.2 Å². The number of ether oxygens (including phenoxy) is 1. The van der Waals surface area contributed by atoms with Crippen LogP contribution in [-0.2, 0) is 9.53 Å². The molecule has 1 atom stereocenters. The molecule has 0 spiro atoms. The lowest BCUT2D eigenvalue weighted by atomic mass is 10.1. The van der Waals surface area contributed by atoms with Gasteiger partial charge in [-0.15, -0.1) is 0 Å². The molecule has 4 nitrogen and oxygen atoms in total. The van der Waals surface area contributed by atoms with Crippen LogP contribution in [0.4, 0.5) is 5.69 Å². The average Bonchev–Trinajstić information content (AvgIpc) is 2.62. The first-order valence-electron chi connectivity index (χ1n) is 7.81. The number of carbonyl (C=O) groups excluding carboxylic acids is 1. The number of benzene rings is 2. The standard InChI is InChI=1S/C19H16Cl2N2O2/c1-2-25-18(12-7-8-14(20)15(21)11-12)19(24)23-17-9-10-22-16-6-4-3-5-13(16)17/h3-11,18H,2H2,1H3,(H,22,23,24). The molecule has 0 aliphatic heterocycles. The number of hydrogen-bond donors (Lipinski definition) is 1. The maximum absolute atomic E-state index is 12.8. The molecule has 1 N–H and O–H groups in total. The zero-order chi connectivity index (χ0) is 17.8. The molecule has 3 rings (SSSR count). The van der Waals surface area contributed by atoms with Gasteiger partial charge in [-0.1, -0.05) is 47.5 Å². The van der Waals surface area contributed by atoms with E-state index in [1.807, 2.05) is 31.2 Å². The van der Waals surface area contributed by atoms with Crippen LogP contribution in [0.25, 0.3) is 10.9 Å². The number of halogens is 2. The van der Waals surface area contributed by atoms with E-state index >= 15 is 0 Å². The molecule has 1 amide bonds. The minimum atomic E-state index is -0.785. The lowest BCUT2D eigenvalue weighted by Crippen LogP contribution is -2.23. The first-order valence-corrected chi connectivity index (χ1v) is 8.57. The van der Waals surface area contributed by atoms with Crippen molar-refractivity contribution in [3.8, 4) is 0 Å². The van der Waals surface area contributed by atoms with Crippen molar-refractivity contribution >= 4 is 45.7 Å². The van der Waals surface area contributed by atoms with Gasteiger partial charge in [0.25, 0.3) is 5.91 Å². The largest absolute Gasteiger partial charge is 0.364 e. The van der Waals surface area contributed by atoms with Crippen molar-refractivity contribution in [3.63, 3.8) is 0 Å². The second kappa shape index (κ2) is 7.83. The third kappa shape index (κ3) is 3.93. The first-order chi connectivity index (χ1) is 12.1. The van der Waals surface area contributed by atoms with Crippen molar-refractivity contribution < 1.29 is 9.53 Å². The molecule has 0 bridgehead atoms. The highest BCUT2D eigenvalue weighted by Crippen LogP contribution is 2.29. The molecule has 1 unspecified atom stereocenters. The fraction of sp³-hybridized carbons (Fsp3) is 0.158. The molecule has 3 aromatic rings. The van der Waals surface area contributed by atoms with Gasteiger partial charge < -0.3 is 10.1 Å². The van der Waals surface area contributed by atoms with Gasteiger partial charge in [0.05, 0.1) is 21.2 Å². The number of carbonyl (C=O) groups is 1. The van der Waals surface area contributed by atoms with Gasteiger partial charge in [-0.2, -0.15) is 0 Å². The van der Waals surface area contributed by atoms with Gasteiger partial charge in [0.15, 0.2) is 6.10 Å². The Kier molecular flexibility index (Phi) is 5.53. The van der Waals surface area contributed by atoms with E-state index in [4.69, 9.17) is 27.9 Å². The molecule has 0 aliphatic rings. The van der Waals surface area contributed by atoms with E-state index in [2.05, 4.69) is 10.3 Å². The molecule has 128 valence electrons. The summed E-state index contributed by atoms with van der Waals surface area (Å²) < 4.78 is 5.64. The Bertz CT molecular complexity index is 910. The Hall–Kier alpha value is -2.14. The molecule has 0 aliphatic carbocycles. The smallest absolute Gasteiger partial charge is 0.258 e. The van der Waals surface area contributed by atoms with E-state index in [1.54, 1.807) is 30.5 Å². The van der Waals surface area contributed by atoms with Gasteiger partial charge in [0.1, 0.15) is 0 Å². The molecule has 1 aromatic heterocycles. The van der Waals surface area contributed by atoms with Crippen LogP contribution in [0.3, 0.4) is 0 Å². The molecule has 0 radical (unpaired) electrons. The van der Waals surface area contributed by atoms with Crippen LogP contribution < -0.4 is 5.32 Å². The lowest BCUT2D eigenvalue weighted by Gasteiger charge is -2.18. The van der Waals surface area contributed by atoms with Crippen molar-refractivity contribution in [1.82, 2.24) is 4.98 Å². The molecule has 6 heteroatoms. The van der Waals surface area contributed by atoms with Crippen LogP contribution in [0.2, 0.25) is 10.0 Å². The van der Waals surface area contributed by atoms with Crippen molar-refractivity contribution in [2.75, 3.05) is 11.9 Å². The Morgan fingerprint density at radius 3 is 2.72 bits per heavy atom. The Labute approximate surface area is 155 Å². The number of nitrogens with one attached hydrogen (secondary N) is 1. The number of aromatic nitrogens is 1. The summed E-state index contributed by atoms with van der Waals surface area (Å²) in [5.41, 5.74) is 2.13. The van der Waals surface area contributed by atoms with Crippen LogP contribution >= 0.6 is 23.2 Å². The Morgan fingerprint density at radius 2 is 1.96 bits per heavy atom. The van der Waals surface area contributed by atoms with E-state index in [9.17, 15) is 4.79 Å². The van der Waals surface area contributed by atoms with Crippen LogP contribution in [0.15, 0.2) is 54.7 Å². The highest BCUT2D eigenvalue weighted by atomic mass is 35.5. The second-order valence-electron chi connectivity index (χ2n) is 5.37. The highest BCUT2D eigenvalue weighted by Gasteiger charge is 2.22. The monoisotopic (exact) mass is 374 g/mol. The van der Waals surface area contributed by atoms with E-state index in [0.29, 0.717) is 27.9 Å². The zero-order valence-corrected chi connectivity index (χ0v) is 15.0. The molecule has 25 heavy (non-hydrogen) atoms. The van der Waals surface area contributed by atoms with Gasteiger partial charge in [0, 0.05) is 18.2 Å².